The molecule has 4 rings (SSSR count). The van der Waals surface area contributed by atoms with E-state index in [1.165, 1.54) is 0 Å². The molecule has 0 aliphatic heterocycles. The number of carbonyl (C=O) groups excluding carboxylic acids is 1. The lowest BCUT2D eigenvalue weighted by atomic mass is 9.99. The Balaban J connectivity index is 1.60. The SMILES string of the molecule is O=C(NC(c1ccccc1)c1ccccc1)N(Cc1ccccn1)Cc1ccco1. The minimum atomic E-state index is -0.261. The molecule has 0 bridgehead atoms. The molecule has 0 atom stereocenters. The Morgan fingerprint density at radius 2 is 1.50 bits per heavy atom. The van der Waals surface area contributed by atoms with Crippen molar-refractivity contribution in [1.82, 2.24) is 15.2 Å². The number of furan rings is 1. The van der Waals surface area contributed by atoms with E-state index in [0.29, 0.717) is 13.1 Å². The number of nitrogens with one attached hydrogen (secondary N) is 1. The molecule has 2 amide bonds. The van der Waals surface area contributed by atoms with Gasteiger partial charge >= 0.3 is 6.03 Å². The predicted octanol–water partition coefficient (Wildman–Crippen LogP) is 5.18. The van der Waals surface area contributed by atoms with Gasteiger partial charge in [0.15, 0.2) is 0 Å². The molecule has 0 saturated carbocycles. The van der Waals surface area contributed by atoms with Gasteiger partial charge in [0.05, 0.1) is 31.1 Å². The Morgan fingerprint density at radius 1 is 0.833 bits per heavy atom. The summed E-state index contributed by atoms with van der Waals surface area (Å²) >= 11 is 0. The van der Waals surface area contributed by atoms with E-state index >= 15 is 0 Å². The number of aromatic nitrogens is 1. The number of rotatable bonds is 7. The van der Waals surface area contributed by atoms with Crippen LogP contribution in [0.3, 0.4) is 0 Å². The van der Waals surface area contributed by atoms with Crippen LogP contribution < -0.4 is 5.32 Å². The summed E-state index contributed by atoms with van der Waals surface area (Å²) in [6, 6.07) is 28.9. The van der Waals surface area contributed by atoms with Crippen molar-refractivity contribution in [3.05, 3.63) is 126 Å². The van der Waals surface area contributed by atoms with E-state index < -0.39 is 0 Å². The highest BCUT2D eigenvalue weighted by Crippen LogP contribution is 2.22. The van der Waals surface area contributed by atoms with Crippen molar-refractivity contribution in [2.24, 2.45) is 0 Å². The van der Waals surface area contributed by atoms with Crippen LogP contribution in [0, 0.1) is 0 Å². The molecule has 2 aromatic carbocycles. The molecule has 0 radical (unpaired) electrons. The molecule has 1 N–H and O–H groups in total. The third-order valence-corrected chi connectivity index (χ3v) is 4.83. The summed E-state index contributed by atoms with van der Waals surface area (Å²) in [5, 5.41) is 3.20. The van der Waals surface area contributed by atoms with Crippen molar-refractivity contribution in [2.45, 2.75) is 19.1 Å². The summed E-state index contributed by atoms with van der Waals surface area (Å²) in [6.07, 6.45) is 3.35. The summed E-state index contributed by atoms with van der Waals surface area (Å²) in [4.78, 5) is 19.5. The molecule has 0 aliphatic rings. The number of carbonyl (C=O) groups is 1. The first-order valence-corrected chi connectivity index (χ1v) is 9.87. The summed E-state index contributed by atoms with van der Waals surface area (Å²) in [7, 11) is 0. The highest BCUT2D eigenvalue weighted by atomic mass is 16.3. The Bertz CT molecular complexity index is 996. The summed E-state index contributed by atoms with van der Waals surface area (Å²) in [6.45, 7) is 0.732. The average Bonchev–Trinajstić information content (AvgIpc) is 3.32. The lowest BCUT2D eigenvalue weighted by Crippen LogP contribution is -2.41. The maximum Gasteiger partial charge on any atom is 0.318 e. The third-order valence-electron chi connectivity index (χ3n) is 4.83. The van der Waals surface area contributed by atoms with Crippen molar-refractivity contribution in [1.29, 1.82) is 0 Å². The largest absolute Gasteiger partial charge is 0.467 e. The van der Waals surface area contributed by atoms with Gasteiger partial charge in [-0.2, -0.15) is 0 Å². The Hall–Kier alpha value is -3.86. The first kappa shape index (κ1) is 19.5. The van der Waals surface area contributed by atoms with Crippen LogP contribution in [0.4, 0.5) is 4.79 Å². The molecule has 5 nitrogen and oxygen atoms in total. The number of hydrogen-bond donors (Lipinski definition) is 1. The summed E-state index contributed by atoms with van der Waals surface area (Å²) < 4.78 is 5.48. The van der Waals surface area contributed by atoms with E-state index in [2.05, 4.69) is 10.3 Å². The quantitative estimate of drug-likeness (QED) is 0.468. The number of benzene rings is 2. The maximum atomic E-state index is 13.4. The second-order valence-electron chi connectivity index (χ2n) is 6.96. The van der Waals surface area contributed by atoms with E-state index in [0.717, 1.165) is 22.6 Å². The highest BCUT2D eigenvalue weighted by molar-refractivity contribution is 5.75. The van der Waals surface area contributed by atoms with Gasteiger partial charge in [0.1, 0.15) is 5.76 Å². The fourth-order valence-electron chi connectivity index (χ4n) is 3.34. The van der Waals surface area contributed by atoms with E-state index in [1.807, 2.05) is 91.0 Å². The highest BCUT2D eigenvalue weighted by Gasteiger charge is 2.22. The molecular weight excluding hydrogens is 374 g/mol. The molecule has 30 heavy (non-hydrogen) atoms. The molecular formula is C25H23N3O2. The van der Waals surface area contributed by atoms with Crippen molar-refractivity contribution in [3.8, 4) is 0 Å². The van der Waals surface area contributed by atoms with Gasteiger partial charge in [-0.3, -0.25) is 4.98 Å². The average molecular weight is 397 g/mol. The first-order valence-electron chi connectivity index (χ1n) is 9.87. The molecule has 0 unspecified atom stereocenters. The van der Waals surface area contributed by atoms with Gasteiger partial charge in [-0.15, -0.1) is 0 Å². The fourth-order valence-corrected chi connectivity index (χ4v) is 3.34. The van der Waals surface area contributed by atoms with Crippen LogP contribution in [-0.2, 0) is 13.1 Å². The lowest BCUT2D eigenvalue weighted by Gasteiger charge is -2.26. The van der Waals surface area contributed by atoms with Crippen molar-refractivity contribution in [2.75, 3.05) is 0 Å². The molecule has 0 saturated heterocycles. The molecule has 0 aliphatic carbocycles. The van der Waals surface area contributed by atoms with Crippen LogP contribution in [0.2, 0.25) is 0 Å². The number of nitrogens with zero attached hydrogens (tertiary/aromatic N) is 2. The zero-order chi connectivity index (χ0) is 20.6. The van der Waals surface area contributed by atoms with Gasteiger partial charge in [0, 0.05) is 6.20 Å². The molecule has 5 heteroatoms. The van der Waals surface area contributed by atoms with Crippen molar-refractivity contribution in [3.63, 3.8) is 0 Å². The Labute approximate surface area is 176 Å². The Morgan fingerprint density at radius 3 is 2.07 bits per heavy atom. The maximum absolute atomic E-state index is 13.4. The topological polar surface area (TPSA) is 58.4 Å². The predicted molar refractivity (Wildman–Crippen MR) is 115 cm³/mol. The Kier molecular flexibility index (Phi) is 6.20. The van der Waals surface area contributed by atoms with Crippen LogP contribution in [0.25, 0.3) is 0 Å². The van der Waals surface area contributed by atoms with Crippen molar-refractivity contribution >= 4 is 6.03 Å². The lowest BCUT2D eigenvalue weighted by molar-refractivity contribution is 0.184. The normalized spacial score (nSPS) is 10.7. The number of amides is 2. The number of pyridine rings is 1. The van der Waals surface area contributed by atoms with Gasteiger partial charge in [0.25, 0.3) is 0 Å². The van der Waals surface area contributed by atoms with Gasteiger partial charge in [0.2, 0.25) is 0 Å². The number of hydrogen-bond acceptors (Lipinski definition) is 3. The van der Waals surface area contributed by atoms with Crippen LogP contribution in [0.5, 0.6) is 0 Å². The smallest absolute Gasteiger partial charge is 0.318 e. The second-order valence-corrected chi connectivity index (χ2v) is 6.96. The van der Waals surface area contributed by atoms with E-state index in [1.54, 1.807) is 17.4 Å². The molecule has 150 valence electrons. The standard InChI is InChI=1S/C25H23N3O2/c29-25(27-24(20-10-3-1-4-11-20)21-12-5-2-6-13-21)28(19-23-15-9-17-30-23)18-22-14-7-8-16-26-22/h1-17,24H,18-19H2,(H,27,29). The minimum absolute atomic E-state index is 0.185. The van der Waals surface area contributed by atoms with E-state index in [9.17, 15) is 4.79 Å². The summed E-state index contributed by atoms with van der Waals surface area (Å²) in [5.41, 5.74) is 2.86. The van der Waals surface area contributed by atoms with Gasteiger partial charge in [-0.25, -0.2) is 4.79 Å². The molecule has 2 aromatic heterocycles. The molecule has 4 aromatic rings. The van der Waals surface area contributed by atoms with Crippen LogP contribution in [0.1, 0.15) is 28.6 Å². The van der Waals surface area contributed by atoms with Crippen LogP contribution >= 0.6 is 0 Å². The number of urea groups is 1. The zero-order valence-electron chi connectivity index (χ0n) is 16.5. The van der Waals surface area contributed by atoms with E-state index in [-0.39, 0.29) is 12.1 Å². The molecule has 2 heterocycles. The third kappa shape index (κ3) is 4.94. The van der Waals surface area contributed by atoms with Gasteiger partial charge in [-0.1, -0.05) is 66.7 Å². The zero-order valence-corrected chi connectivity index (χ0v) is 16.5. The fraction of sp³-hybridized carbons (Fsp3) is 0.120. The van der Waals surface area contributed by atoms with Gasteiger partial charge < -0.3 is 14.6 Å². The first-order chi connectivity index (χ1) is 14.8. The second kappa shape index (κ2) is 9.56. The molecule has 0 fully saturated rings. The van der Waals surface area contributed by atoms with E-state index in [4.69, 9.17) is 4.42 Å². The van der Waals surface area contributed by atoms with Gasteiger partial charge in [-0.05, 0) is 35.4 Å². The van der Waals surface area contributed by atoms with Crippen LogP contribution in [0.15, 0.2) is 108 Å². The van der Waals surface area contributed by atoms with Crippen molar-refractivity contribution < 1.29 is 9.21 Å². The summed E-state index contributed by atoms with van der Waals surface area (Å²) in [5.74, 6) is 0.719. The minimum Gasteiger partial charge on any atom is -0.467 e. The van der Waals surface area contributed by atoms with Crippen LogP contribution in [-0.4, -0.2) is 15.9 Å². The molecule has 0 spiro atoms. The monoisotopic (exact) mass is 397 g/mol.